The minimum absolute atomic E-state index is 0.192. The third kappa shape index (κ3) is 5.72. The fourth-order valence-electron chi connectivity index (χ4n) is 4.04. The first kappa shape index (κ1) is 27.3. The van der Waals surface area contributed by atoms with Gasteiger partial charge in [-0.3, -0.25) is 9.48 Å². The van der Waals surface area contributed by atoms with Crippen molar-refractivity contribution in [3.05, 3.63) is 64.8 Å². The van der Waals surface area contributed by atoms with Crippen LogP contribution in [0.15, 0.2) is 42.6 Å². The number of aliphatic hydroxyl groups excluding tert-OH is 1. The molecule has 2 N–H and O–H groups in total. The molecule has 1 amide bonds. The quantitative estimate of drug-likeness (QED) is 0.526. The Bertz CT molecular complexity index is 1200. The van der Waals surface area contributed by atoms with E-state index in [4.69, 9.17) is 26.2 Å². The van der Waals surface area contributed by atoms with Gasteiger partial charge in [-0.2, -0.15) is 5.10 Å². The highest BCUT2D eigenvalue weighted by molar-refractivity contribution is 6.31. The number of ether oxygens (including phenoxy) is 1. The van der Waals surface area contributed by atoms with Crippen molar-refractivity contribution in [1.29, 1.82) is 0 Å². The van der Waals surface area contributed by atoms with Crippen molar-refractivity contribution in [3.63, 3.8) is 0 Å². The van der Waals surface area contributed by atoms with Gasteiger partial charge in [0.15, 0.2) is 11.6 Å². The Labute approximate surface area is 212 Å². The number of hydrogen-bond donors (Lipinski definition) is 2. The highest BCUT2D eigenvalue weighted by atomic mass is 35.5. The van der Waals surface area contributed by atoms with Crippen molar-refractivity contribution < 1.29 is 28.2 Å². The molecule has 2 fully saturated rings. The molecule has 0 saturated carbocycles. The van der Waals surface area contributed by atoms with E-state index in [9.17, 15) is 13.6 Å². The molecule has 3 heterocycles. The third-order valence-corrected chi connectivity index (χ3v) is 6.09. The summed E-state index contributed by atoms with van der Waals surface area (Å²) in [6.45, 7) is 4.68. The fraction of sp³-hybridized carbons (Fsp3) is 0.320. The average molecular weight is 521 g/mol. The molecule has 0 bridgehead atoms. The molecule has 192 valence electrons. The van der Waals surface area contributed by atoms with Crippen LogP contribution in [-0.2, 0) is 4.79 Å². The Morgan fingerprint density at radius 1 is 1.08 bits per heavy atom. The summed E-state index contributed by atoms with van der Waals surface area (Å²) < 4.78 is 37.3. The number of likely N-dealkylation sites (tertiary alicyclic amines) is 1. The summed E-state index contributed by atoms with van der Waals surface area (Å²) in [5, 5.41) is 15.1. The van der Waals surface area contributed by atoms with E-state index >= 15 is 0 Å². The molecule has 0 radical (unpaired) electrons. The lowest BCUT2D eigenvalue weighted by atomic mass is 10.1. The maximum Gasteiger partial charge on any atom is 0.256 e. The molecular formula is C25H27ClF2N4O4. The number of benzene rings is 2. The molecule has 11 heteroatoms. The molecule has 2 saturated heterocycles. The number of carbonyl (C=O) groups is 2. The van der Waals surface area contributed by atoms with Crippen LogP contribution in [0.25, 0.3) is 11.3 Å². The van der Waals surface area contributed by atoms with E-state index in [-0.39, 0.29) is 17.4 Å². The van der Waals surface area contributed by atoms with Crippen LogP contribution in [0.5, 0.6) is 11.5 Å². The molecule has 0 atom stereocenters. The van der Waals surface area contributed by atoms with E-state index in [1.165, 1.54) is 4.90 Å². The molecule has 2 aliphatic heterocycles. The Hall–Kier alpha value is -3.34. The van der Waals surface area contributed by atoms with Gasteiger partial charge in [0, 0.05) is 56.1 Å². The molecule has 36 heavy (non-hydrogen) atoms. The number of amides is 1. The average Bonchev–Trinajstić information content (AvgIpc) is 3.56. The summed E-state index contributed by atoms with van der Waals surface area (Å²) in [7, 11) is 1.00. The molecule has 8 nitrogen and oxygen atoms in total. The fourth-order valence-corrected chi connectivity index (χ4v) is 4.21. The first-order chi connectivity index (χ1) is 17.5. The van der Waals surface area contributed by atoms with Crippen molar-refractivity contribution in [3.8, 4) is 22.8 Å². The monoisotopic (exact) mass is 520 g/mol. The van der Waals surface area contributed by atoms with E-state index in [0.717, 1.165) is 50.9 Å². The second kappa shape index (κ2) is 12.6. The van der Waals surface area contributed by atoms with Gasteiger partial charge in [-0.05, 0) is 43.2 Å². The Balaban J connectivity index is 0.000000861. The second-order valence-corrected chi connectivity index (χ2v) is 8.41. The molecule has 1 aromatic heterocycles. The summed E-state index contributed by atoms with van der Waals surface area (Å²) in [5.41, 5.74) is 1.08. The number of aromatic nitrogens is 2. The zero-order valence-corrected chi connectivity index (χ0v) is 20.5. The summed E-state index contributed by atoms with van der Waals surface area (Å²) in [6.07, 6.45) is 3.41. The molecule has 2 aromatic carbocycles. The van der Waals surface area contributed by atoms with Crippen LogP contribution in [-0.4, -0.2) is 65.8 Å². The van der Waals surface area contributed by atoms with Gasteiger partial charge in [-0.15, -0.1) is 0 Å². The largest absolute Gasteiger partial charge is 0.453 e. The summed E-state index contributed by atoms with van der Waals surface area (Å²) >= 11 is 6.22. The van der Waals surface area contributed by atoms with Gasteiger partial charge in [0.25, 0.3) is 5.91 Å². The van der Waals surface area contributed by atoms with Crippen molar-refractivity contribution >= 4 is 24.3 Å². The molecule has 0 spiro atoms. The second-order valence-electron chi connectivity index (χ2n) is 7.98. The SMILES string of the molecule is C=O.CO.O=C(c1cc(F)c(Oc2ccc(Cl)cc2-c2ccnn2C2CNC2)cc1F)N1CCCC1. The van der Waals surface area contributed by atoms with E-state index < -0.39 is 17.5 Å². The minimum Gasteiger partial charge on any atom is -0.453 e. The number of nitrogens with zero attached hydrogens (tertiary/aromatic N) is 3. The Morgan fingerprint density at radius 3 is 2.42 bits per heavy atom. The Kier molecular flexibility index (Phi) is 9.51. The zero-order chi connectivity index (χ0) is 26.2. The molecule has 5 rings (SSSR count). The molecule has 0 unspecified atom stereocenters. The summed E-state index contributed by atoms with van der Waals surface area (Å²) in [6, 6.07) is 8.77. The van der Waals surface area contributed by atoms with Gasteiger partial charge in [-0.25, -0.2) is 8.78 Å². The molecule has 0 aliphatic carbocycles. The van der Waals surface area contributed by atoms with Gasteiger partial charge < -0.3 is 24.9 Å². The predicted octanol–water partition coefficient (Wildman–Crippen LogP) is 4.08. The predicted molar refractivity (Wildman–Crippen MR) is 131 cm³/mol. The van der Waals surface area contributed by atoms with E-state index in [1.807, 2.05) is 17.5 Å². The smallest absolute Gasteiger partial charge is 0.256 e. The zero-order valence-electron chi connectivity index (χ0n) is 19.7. The van der Waals surface area contributed by atoms with Crippen LogP contribution in [0.3, 0.4) is 0 Å². The number of nitrogens with one attached hydrogen (secondary N) is 1. The van der Waals surface area contributed by atoms with Crippen LogP contribution >= 0.6 is 11.6 Å². The molecule has 3 aromatic rings. The highest BCUT2D eigenvalue weighted by Gasteiger charge is 2.26. The van der Waals surface area contributed by atoms with Gasteiger partial charge >= 0.3 is 0 Å². The van der Waals surface area contributed by atoms with Crippen molar-refractivity contribution in [2.24, 2.45) is 0 Å². The van der Waals surface area contributed by atoms with Crippen molar-refractivity contribution in [1.82, 2.24) is 20.0 Å². The topological polar surface area (TPSA) is 96.7 Å². The normalized spacial score (nSPS) is 14.8. The lowest BCUT2D eigenvalue weighted by Gasteiger charge is -2.29. The van der Waals surface area contributed by atoms with Gasteiger partial charge in [0.1, 0.15) is 18.4 Å². The van der Waals surface area contributed by atoms with E-state index in [1.54, 1.807) is 24.4 Å². The lowest BCUT2D eigenvalue weighted by Crippen LogP contribution is -2.44. The van der Waals surface area contributed by atoms with Crippen LogP contribution in [0.2, 0.25) is 5.02 Å². The number of hydrogen-bond acceptors (Lipinski definition) is 6. The van der Waals surface area contributed by atoms with E-state index in [0.29, 0.717) is 29.4 Å². The van der Waals surface area contributed by atoms with Gasteiger partial charge in [0.05, 0.1) is 17.3 Å². The van der Waals surface area contributed by atoms with Crippen LogP contribution < -0.4 is 10.1 Å². The summed E-state index contributed by atoms with van der Waals surface area (Å²) in [5.74, 6) is -2.14. The summed E-state index contributed by atoms with van der Waals surface area (Å²) in [4.78, 5) is 22.1. The highest BCUT2D eigenvalue weighted by Crippen LogP contribution is 2.38. The molecule has 2 aliphatic rings. The van der Waals surface area contributed by atoms with Crippen molar-refractivity contribution in [2.75, 3.05) is 33.3 Å². The third-order valence-electron chi connectivity index (χ3n) is 5.86. The Morgan fingerprint density at radius 2 is 1.78 bits per heavy atom. The maximum atomic E-state index is 14.9. The number of carbonyl (C=O) groups excluding carboxylic acids is 2. The molecular weight excluding hydrogens is 494 g/mol. The van der Waals surface area contributed by atoms with Crippen LogP contribution in [0, 0.1) is 11.6 Å². The minimum atomic E-state index is -0.820. The lowest BCUT2D eigenvalue weighted by molar-refractivity contribution is -0.0980. The van der Waals surface area contributed by atoms with Crippen LogP contribution in [0.4, 0.5) is 8.78 Å². The standard InChI is InChI=1S/C23H21ClF2N4O2.CH4O.CH2O/c24-14-3-4-21(17(9-14)20-5-6-28-30(20)15-12-27-13-15)32-22-11-18(25)16(10-19(22)26)23(31)29-7-1-2-8-29;2*1-2/h3-6,9-11,15,27H,1-2,7-8,12-13H2;2H,1H3;1H2. The van der Waals surface area contributed by atoms with Crippen molar-refractivity contribution in [2.45, 2.75) is 18.9 Å². The number of rotatable bonds is 5. The first-order valence-electron chi connectivity index (χ1n) is 11.2. The van der Waals surface area contributed by atoms with Gasteiger partial charge in [0.2, 0.25) is 0 Å². The van der Waals surface area contributed by atoms with Crippen LogP contribution in [0.1, 0.15) is 29.2 Å². The first-order valence-corrected chi connectivity index (χ1v) is 11.6. The maximum absolute atomic E-state index is 14.9. The number of halogens is 3. The van der Waals surface area contributed by atoms with Gasteiger partial charge in [-0.1, -0.05) is 11.6 Å². The van der Waals surface area contributed by atoms with E-state index in [2.05, 4.69) is 10.4 Å². The number of aliphatic hydroxyl groups is 1.